The van der Waals surface area contributed by atoms with Gasteiger partial charge in [0.05, 0.1) is 0 Å². The van der Waals surface area contributed by atoms with Gasteiger partial charge in [-0.25, -0.2) is 8.78 Å². The van der Waals surface area contributed by atoms with Crippen LogP contribution in [0.2, 0.25) is 0 Å². The molecule has 0 amide bonds. The van der Waals surface area contributed by atoms with E-state index in [0.717, 1.165) is 0 Å². The molecule has 90 valence electrons. The van der Waals surface area contributed by atoms with E-state index in [1.165, 1.54) is 12.1 Å². The van der Waals surface area contributed by atoms with E-state index in [4.69, 9.17) is 5.73 Å². The van der Waals surface area contributed by atoms with Crippen LogP contribution in [0.25, 0.3) is 0 Å². The number of halogens is 2. The molecule has 2 N–H and O–H groups in total. The molecular weight excluding hydrogens is 210 g/mol. The van der Waals surface area contributed by atoms with Crippen LogP contribution in [0.3, 0.4) is 0 Å². The summed E-state index contributed by atoms with van der Waals surface area (Å²) in [7, 11) is 1.68. The minimum absolute atomic E-state index is 0.0194. The summed E-state index contributed by atoms with van der Waals surface area (Å²) in [6.45, 7) is 4.75. The molecule has 16 heavy (non-hydrogen) atoms. The Morgan fingerprint density at radius 3 is 2.12 bits per heavy atom. The van der Waals surface area contributed by atoms with Crippen molar-refractivity contribution in [2.45, 2.75) is 20.4 Å². The fourth-order valence-electron chi connectivity index (χ4n) is 1.74. The molecule has 0 bridgehead atoms. The zero-order chi connectivity index (χ0) is 12.3. The number of hydrogen-bond donors (Lipinski definition) is 1. The Kier molecular flexibility index (Phi) is 4.24. The van der Waals surface area contributed by atoms with Gasteiger partial charge in [-0.1, -0.05) is 13.8 Å². The zero-order valence-corrected chi connectivity index (χ0v) is 9.93. The molecule has 0 saturated heterocycles. The van der Waals surface area contributed by atoms with Crippen molar-refractivity contribution in [3.05, 3.63) is 29.3 Å². The summed E-state index contributed by atoms with van der Waals surface area (Å²) in [6.07, 6.45) is 0. The Labute approximate surface area is 95.1 Å². The van der Waals surface area contributed by atoms with E-state index in [-0.39, 0.29) is 12.2 Å². The van der Waals surface area contributed by atoms with Crippen LogP contribution in [0.4, 0.5) is 14.5 Å². The molecule has 0 atom stereocenters. The Balaban J connectivity index is 3.04. The van der Waals surface area contributed by atoms with Gasteiger partial charge in [0.1, 0.15) is 17.3 Å². The van der Waals surface area contributed by atoms with E-state index in [2.05, 4.69) is 0 Å². The van der Waals surface area contributed by atoms with E-state index in [1.54, 1.807) is 11.9 Å². The van der Waals surface area contributed by atoms with Gasteiger partial charge in [0.2, 0.25) is 0 Å². The summed E-state index contributed by atoms with van der Waals surface area (Å²) < 4.78 is 27.3. The molecule has 0 unspecified atom stereocenters. The van der Waals surface area contributed by atoms with E-state index in [9.17, 15) is 8.78 Å². The highest BCUT2D eigenvalue weighted by atomic mass is 19.1. The van der Waals surface area contributed by atoms with Crippen molar-refractivity contribution in [3.8, 4) is 0 Å². The highest BCUT2D eigenvalue weighted by molar-refractivity contribution is 5.50. The van der Waals surface area contributed by atoms with Crippen LogP contribution in [0.5, 0.6) is 0 Å². The van der Waals surface area contributed by atoms with Crippen molar-refractivity contribution in [2.24, 2.45) is 11.7 Å². The molecule has 0 saturated carbocycles. The molecule has 0 fully saturated rings. The lowest BCUT2D eigenvalue weighted by Gasteiger charge is -2.22. The first-order valence-electron chi connectivity index (χ1n) is 5.34. The zero-order valence-electron chi connectivity index (χ0n) is 9.93. The normalized spacial score (nSPS) is 10.9. The van der Waals surface area contributed by atoms with Crippen LogP contribution < -0.4 is 10.6 Å². The number of benzene rings is 1. The van der Waals surface area contributed by atoms with E-state index in [1.807, 2.05) is 13.8 Å². The van der Waals surface area contributed by atoms with Crippen molar-refractivity contribution in [1.29, 1.82) is 0 Å². The molecule has 0 aromatic heterocycles. The lowest BCUT2D eigenvalue weighted by atomic mass is 10.1. The third kappa shape index (κ3) is 2.92. The van der Waals surface area contributed by atoms with Gasteiger partial charge in [-0.05, 0) is 23.6 Å². The maximum absolute atomic E-state index is 13.7. The van der Waals surface area contributed by atoms with Gasteiger partial charge >= 0.3 is 0 Å². The first-order valence-corrected chi connectivity index (χ1v) is 5.34. The largest absolute Gasteiger partial charge is 0.370 e. The molecule has 2 nitrogen and oxygen atoms in total. The molecule has 0 aliphatic carbocycles. The van der Waals surface area contributed by atoms with Crippen LogP contribution in [0.15, 0.2) is 12.1 Å². The Bertz CT molecular complexity index is 341. The second kappa shape index (κ2) is 5.25. The number of rotatable bonds is 4. The van der Waals surface area contributed by atoms with Crippen LogP contribution in [-0.2, 0) is 6.54 Å². The lowest BCUT2D eigenvalue weighted by Crippen LogP contribution is -2.24. The van der Waals surface area contributed by atoms with Crippen molar-refractivity contribution in [1.82, 2.24) is 0 Å². The van der Waals surface area contributed by atoms with Gasteiger partial charge in [0, 0.05) is 20.1 Å². The van der Waals surface area contributed by atoms with Crippen molar-refractivity contribution < 1.29 is 8.78 Å². The van der Waals surface area contributed by atoms with Crippen LogP contribution in [0.1, 0.15) is 19.4 Å². The minimum Gasteiger partial charge on any atom is -0.370 e. The van der Waals surface area contributed by atoms with Crippen LogP contribution >= 0.6 is 0 Å². The second-order valence-corrected chi connectivity index (χ2v) is 4.39. The molecule has 0 radical (unpaired) electrons. The molecular formula is C12H18F2N2. The summed E-state index contributed by atoms with van der Waals surface area (Å²) in [5, 5.41) is 0. The third-order valence-electron chi connectivity index (χ3n) is 2.33. The predicted octanol–water partition coefficient (Wildman–Crippen LogP) is 2.52. The average molecular weight is 228 g/mol. The summed E-state index contributed by atoms with van der Waals surface area (Å²) in [4.78, 5) is 1.59. The fourth-order valence-corrected chi connectivity index (χ4v) is 1.74. The number of nitrogens with two attached hydrogens (primary N) is 1. The predicted molar refractivity (Wildman–Crippen MR) is 62.4 cm³/mol. The molecule has 4 heteroatoms. The SMILES string of the molecule is CC(C)CN(C)c1c(F)cc(CN)cc1F. The molecule has 1 aromatic carbocycles. The standard InChI is InChI=1S/C12H18F2N2/c1-8(2)7-16(3)12-10(13)4-9(6-15)5-11(12)14/h4-5,8H,6-7,15H2,1-3H3. The molecule has 1 rings (SSSR count). The fraction of sp³-hybridized carbons (Fsp3) is 0.500. The molecule has 1 aromatic rings. The smallest absolute Gasteiger partial charge is 0.149 e. The third-order valence-corrected chi connectivity index (χ3v) is 2.33. The number of nitrogens with zero attached hydrogens (tertiary/aromatic N) is 1. The van der Waals surface area contributed by atoms with Gasteiger partial charge < -0.3 is 10.6 Å². The Morgan fingerprint density at radius 2 is 1.75 bits per heavy atom. The number of hydrogen-bond acceptors (Lipinski definition) is 2. The van der Waals surface area contributed by atoms with Gasteiger partial charge in [-0.15, -0.1) is 0 Å². The van der Waals surface area contributed by atoms with Gasteiger partial charge in [-0.2, -0.15) is 0 Å². The van der Waals surface area contributed by atoms with E-state index in [0.29, 0.717) is 18.0 Å². The van der Waals surface area contributed by atoms with Crippen molar-refractivity contribution in [3.63, 3.8) is 0 Å². The Hall–Kier alpha value is -1.16. The summed E-state index contributed by atoms with van der Waals surface area (Å²) >= 11 is 0. The molecule has 0 spiro atoms. The second-order valence-electron chi connectivity index (χ2n) is 4.39. The maximum Gasteiger partial charge on any atom is 0.149 e. The summed E-state index contributed by atoms with van der Waals surface area (Å²) in [5.41, 5.74) is 5.84. The van der Waals surface area contributed by atoms with Crippen LogP contribution in [0, 0.1) is 17.6 Å². The summed E-state index contributed by atoms with van der Waals surface area (Å²) in [6, 6.07) is 2.57. The number of anilines is 1. The van der Waals surface area contributed by atoms with Gasteiger partial charge in [-0.3, -0.25) is 0 Å². The topological polar surface area (TPSA) is 29.3 Å². The average Bonchev–Trinajstić information content (AvgIpc) is 2.15. The van der Waals surface area contributed by atoms with Gasteiger partial charge in [0.15, 0.2) is 0 Å². The molecule has 0 aliphatic heterocycles. The molecule has 0 heterocycles. The first-order chi connectivity index (χ1) is 7.45. The first kappa shape index (κ1) is 12.9. The highest BCUT2D eigenvalue weighted by Crippen LogP contribution is 2.24. The Morgan fingerprint density at radius 1 is 1.25 bits per heavy atom. The summed E-state index contributed by atoms with van der Waals surface area (Å²) in [5.74, 6) is -0.759. The minimum atomic E-state index is -0.552. The van der Waals surface area contributed by atoms with Crippen LogP contribution in [-0.4, -0.2) is 13.6 Å². The lowest BCUT2D eigenvalue weighted by molar-refractivity contribution is 0.558. The van der Waals surface area contributed by atoms with E-state index >= 15 is 0 Å². The van der Waals surface area contributed by atoms with Gasteiger partial charge in [0.25, 0.3) is 0 Å². The quantitative estimate of drug-likeness (QED) is 0.858. The van der Waals surface area contributed by atoms with Crippen molar-refractivity contribution in [2.75, 3.05) is 18.5 Å². The monoisotopic (exact) mass is 228 g/mol. The van der Waals surface area contributed by atoms with E-state index < -0.39 is 11.6 Å². The maximum atomic E-state index is 13.7. The molecule has 0 aliphatic rings. The highest BCUT2D eigenvalue weighted by Gasteiger charge is 2.15. The van der Waals surface area contributed by atoms with Crippen molar-refractivity contribution >= 4 is 5.69 Å².